The van der Waals surface area contributed by atoms with E-state index in [2.05, 4.69) is 5.32 Å². The number of hydrogen-bond acceptors (Lipinski definition) is 3. The molecule has 0 aromatic heterocycles. The van der Waals surface area contributed by atoms with Crippen LogP contribution in [0.25, 0.3) is 0 Å². The molecule has 0 aliphatic rings. The topological polar surface area (TPSA) is 58.6 Å². The summed E-state index contributed by atoms with van der Waals surface area (Å²) in [4.78, 5) is 27.2. The average molecular weight is 429 g/mol. The van der Waals surface area contributed by atoms with Crippen LogP contribution in [0, 0.1) is 12.7 Å². The summed E-state index contributed by atoms with van der Waals surface area (Å²) in [5.74, 6) is 0.101. The van der Waals surface area contributed by atoms with Gasteiger partial charge < -0.3 is 15.0 Å². The largest absolute Gasteiger partial charge is 0.494 e. The summed E-state index contributed by atoms with van der Waals surface area (Å²) < 4.78 is 19.0. The first-order chi connectivity index (χ1) is 14.8. The molecule has 168 valence electrons. The number of hydrogen-bond donors (Lipinski definition) is 1. The van der Waals surface area contributed by atoms with Gasteiger partial charge >= 0.3 is 0 Å². The second-order valence-electron chi connectivity index (χ2n) is 7.91. The van der Waals surface area contributed by atoms with Gasteiger partial charge in [0.1, 0.15) is 17.6 Å². The molecule has 6 heteroatoms. The van der Waals surface area contributed by atoms with Crippen molar-refractivity contribution in [2.24, 2.45) is 0 Å². The summed E-state index contributed by atoms with van der Waals surface area (Å²) in [6.07, 6.45) is 1.60. The third-order valence-corrected chi connectivity index (χ3v) is 5.26. The van der Waals surface area contributed by atoms with Gasteiger partial charge in [-0.15, -0.1) is 0 Å². The molecule has 31 heavy (non-hydrogen) atoms. The van der Waals surface area contributed by atoms with Crippen LogP contribution in [0.5, 0.6) is 5.75 Å². The molecule has 0 spiro atoms. The Morgan fingerprint density at radius 1 is 1.06 bits per heavy atom. The third-order valence-electron chi connectivity index (χ3n) is 5.26. The van der Waals surface area contributed by atoms with Crippen LogP contribution >= 0.6 is 0 Å². The summed E-state index contributed by atoms with van der Waals surface area (Å²) in [5.41, 5.74) is 1.93. The van der Waals surface area contributed by atoms with E-state index in [1.165, 1.54) is 12.1 Å². The quantitative estimate of drug-likeness (QED) is 0.531. The molecule has 0 radical (unpaired) electrons. The number of benzene rings is 2. The molecule has 0 bridgehead atoms. The van der Waals surface area contributed by atoms with E-state index < -0.39 is 6.04 Å². The predicted molar refractivity (Wildman–Crippen MR) is 120 cm³/mol. The van der Waals surface area contributed by atoms with Crippen LogP contribution in [0.3, 0.4) is 0 Å². The fourth-order valence-corrected chi connectivity index (χ4v) is 3.03. The Bertz CT molecular complexity index is 837. The molecule has 2 rings (SSSR count). The lowest BCUT2D eigenvalue weighted by Crippen LogP contribution is -2.49. The number of aryl methyl sites for hydroxylation is 1. The second kappa shape index (κ2) is 12.1. The number of amides is 2. The second-order valence-corrected chi connectivity index (χ2v) is 7.91. The van der Waals surface area contributed by atoms with Crippen molar-refractivity contribution in [3.05, 3.63) is 65.5 Å². The van der Waals surface area contributed by atoms with Crippen LogP contribution in [0.2, 0.25) is 0 Å². The zero-order valence-electron chi connectivity index (χ0n) is 18.9. The SMILES string of the molecule is CC[C@H](C)NC(=O)[C@@H](C)N(Cc1ccc(F)cc1)C(=O)CCCOc1ccc(C)cc1. The van der Waals surface area contributed by atoms with Crippen molar-refractivity contribution < 1.29 is 18.7 Å². The Hall–Kier alpha value is -2.89. The van der Waals surface area contributed by atoms with E-state index in [0.717, 1.165) is 23.3 Å². The average Bonchev–Trinajstić information content (AvgIpc) is 2.76. The van der Waals surface area contributed by atoms with Crippen molar-refractivity contribution in [2.75, 3.05) is 6.61 Å². The van der Waals surface area contributed by atoms with E-state index in [1.807, 2.05) is 45.0 Å². The molecule has 2 aromatic carbocycles. The lowest BCUT2D eigenvalue weighted by molar-refractivity contribution is -0.141. The van der Waals surface area contributed by atoms with Gasteiger partial charge in [0, 0.05) is 19.0 Å². The number of carbonyl (C=O) groups is 2. The molecular weight excluding hydrogens is 395 g/mol. The minimum absolute atomic E-state index is 0.0284. The fraction of sp³-hybridized carbons (Fsp3) is 0.440. The van der Waals surface area contributed by atoms with Gasteiger partial charge in [0.2, 0.25) is 11.8 Å². The van der Waals surface area contributed by atoms with E-state index in [4.69, 9.17) is 4.74 Å². The Morgan fingerprint density at radius 3 is 2.32 bits per heavy atom. The van der Waals surface area contributed by atoms with E-state index >= 15 is 0 Å². The third kappa shape index (κ3) is 8.04. The van der Waals surface area contributed by atoms with E-state index in [-0.39, 0.29) is 36.6 Å². The van der Waals surface area contributed by atoms with Crippen LogP contribution in [0.1, 0.15) is 51.2 Å². The van der Waals surface area contributed by atoms with Crippen LogP contribution in [0.4, 0.5) is 4.39 Å². The molecule has 0 aliphatic carbocycles. The van der Waals surface area contributed by atoms with Gasteiger partial charge in [-0.25, -0.2) is 4.39 Å². The number of halogens is 1. The van der Waals surface area contributed by atoms with Gasteiger partial charge in [-0.3, -0.25) is 9.59 Å². The van der Waals surface area contributed by atoms with Crippen molar-refractivity contribution in [1.29, 1.82) is 0 Å². The van der Waals surface area contributed by atoms with Gasteiger partial charge in [0.25, 0.3) is 0 Å². The zero-order chi connectivity index (χ0) is 22.8. The Labute approximate surface area is 184 Å². The Morgan fingerprint density at radius 2 is 1.71 bits per heavy atom. The van der Waals surface area contributed by atoms with Crippen molar-refractivity contribution in [1.82, 2.24) is 10.2 Å². The monoisotopic (exact) mass is 428 g/mol. The van der Waals surface area contributed by atoms with Gasteiger partial charge in [0.15, 0.2) is 0 Å². The molecule has 0 unspecified atom stereocenters. The molecule has 1 N–H and O–H groups in total. The van der Waals surface area contributed by atoms with Gasteiger partial charge in [-0.05, 0) is 63.4 Å². The smallest absolute Gasteiger partial charge is 0.242 e. The highest BCUT2D eigenvalue weighted by Crippen LogP contribution is 2.15. The van der Waals surface area contributed by atoms with Crippen LogP contribution < -0.4 is 10.1 Å². The minimum atomic E-state index is -0.635. The number of rotatable bonds is 11. The van der Waals surface area contributed by atoms with E-state index in [0.29, 0.717) is 13.0 Å². The summed E-state index contributed by atoms with van der Waals surface area (Å²) in [5, 5.41) is 2.94. The molecule has 0 aliphatic heterocycles. The Kier molecular flexibility index (Phi) is 9.50. The molecule has 0 fully saturated rings. The number of nitrogens with one attached hydrogen (secondary N) is 1. The van der Waals surface area contributed by atoms with Crippen molar-refractivity contribution in [3.63, 3.8) is 0 Å². The molecule has 0 heterocycles. The maximum atomic E-state index is 13.3. The lowest BCUT2D eigenvalue weighted by atomic mass is 10.1. The molecule has 2 atom stereocenters. The number of carbonyl (C=O) groups excluding carboxylic acids is 2. The molecule has 0 saturated carbocycles. The normalized spacial score (nSPS) is 12.7. The van der Waals surface area contributed by atoms with Crippen molar-refractivity contribution >= 4 is 11.8 Å². The highest BCUT2D eigenvalue weighted by Gasteiger charge is 2.26. The summed E-state index contributed by atoms with van der Waals surface area (Å²) in [6.45, 7) is 8.31. The molecule has 2 aromatic rings. The molecular formula is C25H33FN2O3. The highest BCUT2D eigenvalue weighted by molar-refractivity contribution is 5.87. The van der Waals surface area contributed by atoms with Crippen LogP contribution in [-0.2, 0) is 16.1 Å². The fourth-order valence-electron chi connectivity index (χ4n) is 3.03. The Balaban J connectivity index is 1.99. The number of nitrogens with zero attached hydrogens (tertiary/aromatic N) is 1. The maximum Gasteiger partial charge on any atom is 0.242 e. The van der Waals surface area contributed by atoms with Gasteiger partial charge in [-0.2, -0.15) is 0 Å². The van der Waals surface area contributed by atoms with Crippen LogP contribution in [-0.4, -0.2) is 35.4 Å². The highest BCUT2D eigenvalue weighted by atomic mass is 19.1. The van der Waals surface area contributed by atoms with Gasteiger partial charge in [-0.1, -0.05) is 36.8 Å². The first kappa shape index (κ1) is 24.4. The standard InChI is InChI=1S/C25H33FN2O3/c1-5-19(3)27-25(30)20(4)28(17-21-10-12-22(26)13-11-21)24(29)7-6-16-31-23-14-8-18(2)9-15-23/h8-15,19-20H,5-7,16-17H2,1-4H3,(H,27,30)/t19-,20+/m0/s1. The predicted octanol–water partition coefficient (Wildman–Crippen LogP) is 4.63. The molecule has 5 nitrogen and oxygen atoms in total. The van der Waals surface area contributed by atoms with Crippen molar-refractivity contribution in [3.8, 4) is 5.75 Å². The van der Waals surface area contributed by atoms with Crippen LogP contribution in [0.15, 0.2) is 48.5 Å². The minimum Gasteiger partial charge on any atom is -0.494 e. The van der Waals surface area contributed by atoms with Crippen molar-refractivity contribution in [2.45, 2.75) is 65.6 Å². The zero-order valence-corrected chi connectivity index (χ0v) is 18.9. The number of ether oxygens (including phenoxy) is 1. The molecule has 2 amide bonds. The van der Waals surface area contributed by atoms with E-state index in [9.17, 15) is 14.0 Å². The summed E-state index contributed by atoms with van der Waals surface area (Å²) >= 11 is 0. The lowest BCUT2D eigenvalue weighted by Gasteiger charge is -2.29. The van der Waals surface area contributed by atoms with E-state index in [1.54, 1.807) is 24.0 Å². The maximum absolute atomic E-state index is 13.3. The first-order valence-electron chi connectivity index (χ1n) is 10.8. The summed E-state index contributed by atoms with van der Waals surface area (Å²) in [6, 6.07) is 13.1. The molecule has 0 saturated heterocycles. The summed E-state index contributed by atoms with van der Waals surface area (Å²) in [7, 11) is 0. The first-order valence-corrected chi connectivity index (χ1v) is 10.8. The van der Waals surface area contributed by atoms with Gasteiger partial charge in [0.05, 0.1) is 6.61 Å².